The highest BCUT2D eigenvalue weighted by molar-refractivity contribution is 6.04. The summed E-state index contributed by atoms with van der Waals surface area (Å²) >= 11 is 0. The number of hydrazone groups is 1. The molecule has 10 heteroatoms. The van der Waals surface area contributed by atoms with Gasteiger partial charge in [0.2, 0.25) is 11.4 Å². The van der Waals surface area contributed by atoms with Crippen LogP contribution in [0.3, 0.4) is 0 Å². The molecule has 1 heterocycles. The van der Waals surface area contributed by atoms with Crippen molar-refractivity contribution < 1.29 is 27.9 Å². The van der Waals surface area contributed by atoms with Crippen LogP contribution in [0.25, 0.3) is 0 Å². The Bertz CT molecular complexity index is 1060. The summed E-state index contributed by atoms with van der Waals surface area (Å²) in [5.41, 5.74) is 1.94. The second-order valence-corrected chi connectivity index (χ2v) is 6.75. The molecule has 0 aliphatic carbocycles. The third-order valence-electron chi connectivity index (χ3n) is 4.53. The number of methoxy groups -OCH3 is 1. The Balaban J connectivity index is 2.12. The second kappa shape index (κ2) is 7.97. The number of alkyl halides is 2. The number of amides is 1. The van der Waals surface area contributed by atoms with E-state index in [0.29, 0.717) is 35.2 Å². The molecule has 156 valence electrons. The normalized spacial score (nSPS) is 15.4. The zero-order chi connectivity index (χ0) is 22.1. The standard InChI is InChI=1S/C20H18F2N4O4/c1-12(24-19(27)20(2,21)22)18(13-4-7-16(30-3)8-5-13)25-17-9-6-15(26(28)29)10-14(17)11-23-25/h4-12H,1-3H3/p+1/b25-18+/t12-/m0/s1. The Labute approximate surface area is 170 Å². The molecule has 0 saturated carbocycles. The minimum atomic E-state index is -3.55. The molecule has 3 rings (SSSR count). The van der Waals surface area contributed by atoms with Gasteiger partial charge in [-0.05, 0) is 41.0 Å². The molecule has 0 bridgehead atoms. The van der Waals surface area contributed by atoms with Gasteiger partial charge < -0.3 is 10.1 Å². The van der Waals surface area contributed by atoms with Crippen molar-refractivity contribution in [3.8, 4) is 5.75 Å². The lowest BCUT2D eigenvalue weighted by molar-refractivity contribution is -0.442. The lowest BCUT2D eigenvalue weighted by Crippen LogP contribution is -2.47. The van der Waals surface area contributed by atoms with Crippen molar-refractivity contribution in [1.29, 1.82) is 0 Å². The Morgan fingerprint density at radius 3 is 2.50 bits per heavy atom. The van der Waals surface area contributed by atoms with Crippen molar-refractivity contribution in [3.63, 3.8) is 0 Å². The van der Waals surface area contributed by atoms with Crippen LogP contribution in [0.15, 0.2) is 47.6 Å². The lowest BCUT2D eigenvalue weighted by atomic mass is 10.0. The molecule has 2 aromatic carbocycles. The molecule has 1 atom stereocenters. The van der Waals surface area contributed by atoms with Crippen LogP contribution in [0, 0.1) is 10.1 Å². The van der Waals surface area contributed by atoms with Crippen molar-refractivity contribution in [2.75, 3.05) is 7.11 Å². The zero-order valence-electron chi connectivity index (χ0n) is 16.4. The summed E-state index contributed by atoms with van der Waals surface area (Å²) in [5, 5.41) is 17.6. The maximum absolute atomic E-state index is 13.4. The van der Waals surface area contributed by atoms with E-state index in [-0.39, 0.29) is 5.69 Å². The minimum Gasteiger partial charge on any atom is -0.497 e. The third kappa shape index (κ3) is 4.17. The van der Waals surface area contributed by atoms with Gasteiger partial charge >= 0.3 is 5.92 Å². The number of benzene rings is 2. The summed E-state index contributed by atoms with van der Waals surface area (Å²) in [6.45, 7) is 2.08. The number of nitro groups is 1. The lowest BCUT2D eigenvalue weighted by Gasteiger charge is -2.17. The van der Waals surface area contributed by atoms with Gasteiger partial charge in [0.15, 0.2) is 0 Å². The quantitative estimate of drug-likeness (QED) is 0.443. The van der Waals surface area contributed by atoms with Crippen LogP contribution >= 0.6 is 0 Å². The van der Waals surface area contributed by atoms with Crippen molar-refractivity contribution in [2.45, 2.75) is 25.8 Å². The largest absolute Gasteiger partial charge is 0.497 e. The number of rotatable bonds is 6. The molecule has 1 aliphatic heterocycles. The molecule has 0 unspecified atom stereocenters. The highest BCUT2D eigenvalue weighted by Crippen LogP contribution is 2.29. The molecular weight excluding hydrogens is 398 g/mol. The number of hydrogen-bond acceptors (Lipinski definition) is 5. The molecule has 0 aromatic heterocycles. The van der Waals surface area contributed by atoms with Crippen LogP contribution in [0.5, 0.6) is 5.75 Å². The van der Waals surface area contributed by atoms with Gasteiger partial charge in [0, 0.05) is 30.7 Å². The summed E-state index contributed by atoms with van der Waals surface area (Å²) in [5.74, 6) is -4.38. The van der Waals surface area contributed by atoms with Gasteiger partial charge in [-0.1, -0.05) is 0 Å². The van der Waals surface area contributed by atoms with Crippen molar-refractivity contribution in [2.24, 2.45) is 5.10 Å². The maximum atomic E-state index is 13.4. The van der Waals surface area contributed by atoms with Crippen LogP contribution in [-0.4, -0.2) is 46.5 Å². The fraction of sp³-hybridized carbons (Fsp3) is 0.250. The van der Waals surface area contributed by atoms with Gasteiger partial charge in [0.05, 0.1) is 17.6 Å². The van der Waals surface area contributed by atoms with Crippen LogP contribution < -0.4 is 10.1 Å². The predicted octanol–water partition coefficient (Wildman–Crippen LogP) is 3.24. The van der Waals surface area contributed by atoms with Crippen LogP contribution in [0.4, 0.5) is 20.2 Å². The molecule has 1 amide bonds. The summed E-state index contributed by atoms with van der Waals surface area (Å²) in [6.07, 6.45) is 1.44. The van der Waals surface area contributed by atoms with E-state index in [0.717, 1.165) is 0 Å². The zero-order valence-corrected chi connectivity index (χ0v) is 16.4. The summed E-state index contributed by atoms with van der Waals surface area (Å²) in [4.78, 5) is 22.4. The predicted molar refractivity (Wildman–Crippen MR) is 106 cm³/mol. The molecule has 8 nitrogen and oxygen atoms in total. The average Bonchev–Trinajstić information content (AvgIpc) is 3.11. The first-order valence-corrected chi connectivity index (χ1v) is 8.94. The smallest absolute Gasteiger partial charge is 0.321 e. The van der Waals surface area contributed by atoms with Crippen molar-refractivity contribution in [3.05, 3.63) is 63.7 Å². The third-order valence-corrected chi connectivity index (χ3v) is 4.53. The molecule has 0 fully saturated rings. The number of nitro benzene ring substituents is 1. The second-order valence-electron chi connectivity index (χ2n) is 6.75. The molecule has 0 spiro atoms. The Morgan fingerprint density at radius 1 is 1.27 bits per heavy atom. The van der Waals surface area contributed by atoms with E-state index in [4.69, 9.17) is 4.74 Å². The van der Waals surface area contributed by atoms with Gasteiger partial charge in [0.1, 0.15) is 18.0 Å². The number of halogens is 2. The van der Waals surface area contributed by atoms with E-state index >= 15 is 0 Å². The Hall–Kier alpha value is -3.69. The van der Waals surface area contributed by atoms with Gasteiger partial charge in [-0.2, -0.15) is 8.78 Å². The molecule has 30 heavy (non-hydrogen) atoms. The fourth-order valence-electron chi connectivity index (χ4n) is 3.04. The highest BCUT2D eigenvalue weighted by atomic mass is 19.3. The Morgan fingerprint density at radius 2 is 1.93 bits per heavy atom. The monoisotopic (exact) mass is 417 g/mol. The van der Waals surface area contributed by atoms with Crippen LogP contribution in [0.1, 0.15) is 25.0 Å². The van der Waals surface area contributed by atoms with E-state index in [1.165, 1.54) is 36.2 Å². The van der Waals surface area contributed by atoms with Crippen LogP contribution in [-0.2, 0) is 4.79 Å². The van der Waals surface area contributed by atoms with E-state index in [1.807, 2.05) is 0 Å². The van der Waals surface area contributed by atoms with Crippen molar-refractivity contribution in [1.82, 2.24) is 5.32 Å². The number of nitrogens with zero attached hydrogens (tertiary/aromatic N) is 3. The van der Waals surface area contributed by atoms with Gasteiger partial charge in [-0.15, -0.1) is 0 Å². The Kier molecular flexibility index (Phi) is 5.59. The van der Waals surface area contributed by atoms with Gasteiger partial charge in [-0.25, -0.2) is 0 Å². The number of ether oxygens (including phenoxy) is 1. The number of fused-ring (bicyclic) bond motifs is 1. The van der Waals surface area contributed by atoms with Gasteiger partial charge in [-0.3, -0.25) is 14.9 Å². The number of non-ortho nitro benzene ring substituents is 1. The molecule has 2 aromatic rings. The van der Waals surface area contributed by atoms with Crippen LogP contribution in [0.2, 0.25) is 0 Å². The summed E-state index contributed by atoms with van der Waals surface area (Å²) in [6, 6.07) is 10.2. The summed E-state index contributed by atoms with van der Waals surface area (Å²) in [7, 11) is 1.51. The maximum Gasteiger partial charge on any atom is 0.321 e. The number of carbonyl (C=O) groups is 1. The SMILES string of the molecule is COc1ccc(/C([C@H](C)NC(=O)C(C)(F)F)=[N+]2/N=Cc3cc([N+](=O)[O-])ccc32)cc1. The highest BCUT2D eigenvalue weighted by Gasteiger charge is 2.37. The first-order chi connectivity index (χ1) is 14.1. The van der Waals surface area contributed by atoms with Gasteiger partial charge in [0.25, 0.3) is 11.6 Å². The topological polar surface area (TPSA) is 96.8 Å². The fourth-order valence-corrected chi connectivity index (χ4v) is 3.04. The molecule has 0 radical (unpaired) electrons. The molecule has 0 saturated heterocycles. The number of hydrogen-bond donors (Lipinski definition) is 1. The van der Waals surface area contributed by atoms with Crippen molar-refractivity contribution >= 4 is 29.2 Å². The number of carbonyl (C=O) groups excluding carboxylic acids is 1. The molecule has 1 N–H and O–H groups in total. The summed E-state index contributed by atoms with van der Waals surface area (Å²) < 4.78 is 33.5. The van der Waals surface area contributed by atoms with E-state index in [1.54, 1.807) is 31.2 Å². The minimum absolute atomic E-state index is 0.0972. The number of nitrogens with one attached hydrogen (secondary N) is 1. The molecule has 1 aliphatic rings. The van der Waals surface area contributed by atoms with E-state index in [9.17, 15) is 23.7 Å². The first-order valence-electron chi connectivity index (χ1n) is 8.94. The average molecular weight is 417 g/mol. The first kappa shape index (κ1) is 21.0. The van der Waals surface area contributed by atoms with E-state index in [2.05, 4.69) is 10.4 Å². The molecular formula is C20H19F2N4O4+. The van der Waals surface area contributed by atoms with E-state index < -0.39 is 22.8 Å².